The highest BCUT2D eigenvalue weighted by atomic mass is 16.3. The van der Waals surface area contributed by atoms with Crippen molar-refractivity contribution >= 4 is 0 Å². The third kappa shape index (κ3) is 3.43. The zero-order valence-electron chi connectivity index (χ0n) is 10.3. The number of aryl methyl sites for hydroxylation is 1. The van der Waals surface area contributed by atoms with E-state index in [-0.39, 0.29) is 0 Å². The molecule has 0 radical (unpaired) electrons. The predicted molar refractivity (Wildman–Crippen MR) is 67.7 cm³/mol. The van der Waals surface area contributed by atoms with E-state index in [0.717, 1.165) is 11.3 Å². The lowest BCUT2D eigenvalue weighted by atomic mass is 9.92. The first-order valence-corrected chi connectivity index (χ1v) is 5.80. The number of rotatable bonds is 4. The van der Waals surface area contributed by atoms with Gasteiger partial charge in [-0.15, -0.1) is 0 Å². The molecule has 1 atom stereocenters. The van der Waals surface area contributed by atoms with Gasteiger partial charge in [0.2, 0.25) is 0 Å². The Labute approximate surface area is 102 Å². The van der Waals surface area contributed by atoms with E-state index in [0.29, 0.717) is 12.8 Å². The Morgan fingerprint density at radius 1 is 1.18 bits per heavy atom. The first kappa shape index (κ1) is 11.9. The van der Waals surface area contributed by atoms with Gasteiger partial charge in [0.05, 0.1) is 11.3 Å². The van der Waals surface area contributed by atoms with E-state index in [2.05, 4.69) is 5.10 Å². The molecular weight excluding hydrogens is 212 g/mol. The molecule has 2 rings (SSSR count). The summed E-state index contributed by atoms with van der Waals surface area (Å²) in [5, 5.41) is 14.7. The Balaban J connectivity index is 2.04. The Bertz CT molecular complexity index is 474. The Kier molecular flexibility index (Phi) is 3.29. The van der Waals surface area contributed by atoms with Crippen LogP contribution >= 0.6 is 0 Å². The number of hydrogen-bond acceptors (Lipinski definition) is 2. The second-order valence-electron chi connectivity index (χ2n) is 4.82. The van der Waals surface area contributed by atoms with Crippen molar-refractivity contribution in [2.75, 3.05) is 0 Å². The quantitative estimate of drug-likeness (QED) is 0.872. The average molecular weight is 230 g/mol. The summed E-state index contributed by atoms with van der Waals surface area (Å²) in [5.41, 5.74) is 1.32. The van der Waals surface area contributed by atoms with Crippen molar-refractivity contribution in [1.29, 1.82) is 0 Å². The van der Waals surface area contributed by atoms with Gasteiger partial charge in [0.25, 0.3) is 0 Å². The zero-order chi connectivity index (χ0) is 12.3. The largest absolute Gasteiger partial charge is 0.389 e. The van der Waals surface area contributed by atoms with Crippen LogP contribution in [0.15, 0.2) is 42.6 Å². The summed E-state index contributed by atoms with van der Waals surface area (Å²) < 4.78 is 1.76. The van der Waals surface area contributed by atoms with Crippen LogP contribution in [0.25, 0.3) is 0 Å². The van der Waals surface area contributed by atoms with Gasteiger partial charge in [-0.3, -0.25) is 4.68 Å². The predicted octanol–water partition coefficient (Wildman–Crippen LogP) is 1.96. The first-order chi connectivity index (χ1) is 8.05. The van der Waals surface area contributed by atoms with Crippen molar-refractivity contribution in [3.8, 4) is 0 Å². The van der Waals surface area contributed by atoms with Gasteiger partial charge in [0, 0.05) is 26.1 Å². The van der Waals surface area contributed by atoms with E-state index < -0.39 is 5.60 Å². The van der Waals surface area contributed by atoms with Crippen molar-refractivity contribution in [3.63, 3.8) is 0 Å². The van der Waals surface area contributed by atoms with Gasteiger partial charge in [-0.1, -0.05) is 30.3 Å². The fraction of sp³-hybridized carbons (Fsp3) is 0.357. The molecule has 0 fully saturated rings. The normalized spacial score (nSPS) is 14.5. The molecule has 2 aromatic rings. The molecule has 90 valence electrons. The topological polar surface area (TPSA) is 38.0 Å². The van der Waals surface area contributed by atoms with Crippen LogP contribution in [0.4, 0.5) is 0 Å². The maximum Gasteiger partial charge on any atom is 0.0715 e. The van der Waals surface area contributed by atoms with Gasteiger partial charge in [0.1, 0.15) is 0 Å². The van der Waals surface area contributed by atoms with Gasteiger partial charge in [-0.05, 0) is 18.6 Å². The molecule has 17 heavy (non-hydrogen) atoms. The van der Waals surface area contributed by atoms with E-state index >= 15 is 0 Å². The average Bonchev–Trinajstić information content (AvgIpc) is 2.63. The molecular formula is C14H18N2O. The summed E-state index contributed by atoms with van der Waals surface area (Å²) in [7, 11) is 1.88. The van der Waals surface area contributed by atoms with Crippen LogP contribution in [-0.2, 0) is 19.9 Å². The summed E-state index contributed by atoms with van der Waals surface area (Å²) in [6.45, 7) is 1.86. The summed E-state index contributed by atoms with van der Waals surface area (Å²) in [5.74, 6) is 0. The molecule has 3 nitrogen and oxygen atoms in total. The van der Waals surface area contributed by atoms with E-state index in [1.807, 2.05) is 56.6 Å². The van der Waals surface area contributed by atoms with E-state index in [1.165, 1.54) is 0 Å². The van der Waals surface area contributed by atoms with Gasteiger partial charge in [-0.25, -0.2) is 0 Å². The molecule has 0 aliphatic carbocycles. The molecule has 0 bridgehead atoms. The molecule has 1 N–H and O–H groups in total. The minimum Gasteiger partial charge on any atom is -0.389 e. The lowest BCUT2D eigenvalue weighted by Gasteiger charge is -2.22. The molecule has 1 aromatic carbocycles. The van der Waals surface area contributed by atoms with Crippen LogP contribution < -0.4 is 0 Å². The molecule has 0 amide bonds. The Hall–Kier alpha value is -1.61. The lowest BCUT2D eigenvalue weighted by Crippen LogP contribution is -2.30. The SMILES string of the molecule is Cn1ccc(CC(C)(O)Cc2ccccc2)n1. The zero-order valence-corrected chi connectivity index (χ0v) is 10.3. The van der Waals surface area contributed by atoms with Gasteiger partial charge >= 0.3 is 0 Å². The highest BCUT2D eigenvalue weighted by Gasteiger charge is 2.22. The summed E-state index contributed by atoms with van der Waals surface area (Å²) in [4.78, 5) is 0. The minimum atomic E-state index is -0.754. The van der Waals surface area contributed by atoms with Crippen molar-refractivity contribution in [2.24, 2.45) is 7.05 Å². The van der Waals surface area contributed by atoms with Crippen LogP contribution in [0.2, 0.25) is 0 Å². The van der Waals surface area contributed by atoms with Crippen molar-refractivity contribution in [3.05, 3.63) is 53.9 Å². The van der Waals surface area contributed by atoms with Gasteiger partial charge in [0.15, 0.2) is 0 Å². The van der Waals surface area contributed by atoms with Crippen LogP contribution in [0.5, 0.6) is 0 Å². The molecule has 0 aliphatic heterocycles. The molecule has 1 heterocycles. The third-order valence-corrected chi connectivity index (χ3v) is 2.76. The molecule has 0 spiro atoms. The van der Waals surface area contributed by atoms with Crippen LogP contribution in [0.1, 0.15) is 18.2 Å². The van der Waals surface area contributed by atoms with Crippen LogP contribution in [0, 0.1) is 0 Å². The Morgan fingerprint density at radius 2 is 1.88 bits per heavy atom. The number of nitrogens with zero attached hydrogens (tertiary/aromatic N) is 2. The van der Waals surface area contributed by atoms with E-state index in [4.69, 9.17) is 0 Å². The number of aliphatic hydroxyl groups is 1. The number of hydrogen-bond donors (Lipinski definition) is 1. The van der Waals surface area contributed by atoms with Crippen molar-refractivity contribution < 1.29 is 5.11 Å². The summed E-state index contributed by atoms with van der Waals surface area (Å²) >= 11 is 0. The van der Waals surface area contributed by atoms with E-state index in [1.54, 1.807) is 4.68 Å². The van der Waals surface area contributed by atoms with Crippen molar-refractivity contribution in [2.45, 2.75) is 25.4 Å². The minimum absolute atomic E-state index is 0.572. The fourth-order valence-corrected chi connectivity index (χ4v) is 2.05. The maximum absolute atomic E-state index is 10.4. The number of aromatic nitrogens is 2. The lowest BCUT2D eigenvalue weighted by molar-refractivity contribution is 0.0597. The Morgan fingerprint density at radius 3 is 2.47 bits per heavy atom. The second-order valence-corrected chi connectivity index (χ2v) is 4.82. The smallest absolute Gasteiger partial charge is 0.0715 e. The monoisotopic (exact) mass is 230 g/mol. The standard InChI is InChI=1S/C14H18N2O/c1-14(17,10-12-6-4-3-5-7-12)11-13-8-9-16(2)15-13/h3-9,17H,10-11H2,1-2H3. The third-order valence-electron chi connectivity index (χ3n) is 2.76. The molecule has 1 aromatic heterocycles. The van der Waals surface area contributed by atoms with Gasteiger partial charge in [-0.2, -0.15) is 5.10 Å². The van der Waals surface area contributed by atoms with Crippen LogP contribution in [0.3, 0.4) is 0 Å². The van der Waals surface area contributed by atoms with Crippen LogP contribution in [-0.4, -0.2) is 20.5 Å². The first-order valence-electron chi connectivity index (χ1n) is 5.80. The molecule has 0 aliphatic rings. The highest BCUT2D eigenvalue weighted by molar-refractivity contribution is 5.17. The second kappa shape index (κ2) is 4.72. The maximum atomic E-state index is 10.4. The summed E-state index contributed by atoms with van der Waals surface area (Å²) in [6.07, 6.45) is 3.11. The molecule has 1 unspecified atom stereocenters. The van der Waals surface area contributed by atoms with Gasteiger partial charge < -0.3 is 5.11 Å². The molecule has 3 heteroatoms. The van der Waals surface area contributed by atoms with Crippen molar-refractivity contribution in [1.82, 2.24) is 9.78 Å². The van der Waals surface area contributed by atoms with E-state index in [9.17, 15) is 5.11 Å². The summed E-state index contributed by atoms with van der Waals surface area (Å²) in [6, 6.07) is 12.0. The highest BCUT2D eigenvalue weighted by Crippen LogP contribution is 2.17. The number of benzene rings is 1. The fourth-order valence-electron chi connectivity index (χ4n) is 2.05. The molecule has 0 saturated carbocycles. The molecule has 0 saturated heterocycles.